The average molecular weight is 365 g/mol. The number of nitrogens with one attached hydrogen (secondary N) is 1. The Bertz CT molecular complexity index is 847. The first-order valence-corrected chi connectivity index (χ1v) is 7.69. The highest BCUT2D eigenvalue weighted by Crippen LogP contribution is 2.28. The van der Waals surface area contributed by atoms with Gasteiger partial charge >= 0.3 is 0 Å². The summed E-state index contributed by atoms with van der Waals surface area (Å²) in [5.41, 5.74) is 6.95. The molecule has 3 aromatic rings. The molecule has 3 N–H and O–H groups in total. The highest BCUT2D eigenvalue weighted by molar-refractivity contribution is 9.10. The summed E-state index contributed by atoms with van der Waals surface area (Å²) in [6.07, 6.45) is 0. The van der Waals surface area contributed by atoms with Crippen molar-refractivity contribution in [3.05, 3.63) is 57.6 Å². The second kappa shape index (κ2) is 5.46. The number of anilines is 2. The quantitative estimate of drug-likeness (QED) is 0.650. The monoisotopic (exact) mass is 364 g/mol. The molecule has 0 bridgehead atoms. The van der Waals surface area contributed by atoms with Crippen LogP contribution in [0.4, 0.5) is 15.8 Å². The lowest BCUT2D eigenvalue weighted by Gasteiger charge is -2.05. The van der Waals surface area contributed by atoms with Crippen LogP contribution in [-0.4, -0.2) is 5.91 Å². The van der Waals surface area contributed by atoms with Gasteiger partial charge in [-0.3, -0.25) is 4.79 Å². The fourth-order valence-corrected chi connectivity index (χ4v) is 3.28. The third-order valence-electron chi connectivity index (χ3n) is 2.96. The molecule has 0 aliphatic heterocycles. The van der Waals surface area contributed by atoms with E-state index >= 15 is 0 Å². The van der Waals surface area contributed by atoms with Gasteiger partial charge in [0.1, 0.15) is 5.82 Å². The van der Waals surface area contributed by atoms with Crippen LogP contribution >= 0.6 is 27.3 Å². The van der Waals surface area contributed by atoms with Crippen LogP contribution in [0, 0.1) is 5.82 Å². The Morgan fingerprint density at radius 3 is 2.76 bits per heavy atom. The van der Waals surface area contributed by atoms with Gasteiger partial charge in [0.2, 0.25) is 0 Å². The van der Waals surface area contributed by atoms with Crippen molar-refractivity contribution >= 4 is 54.6 Å². The highest BCUT2D eigenvalue weighted by Gasteiger charge is 2.11. The van der Waals surface area contributed by atoms with Crippen molar-refractivity contribution in [1.82, 2.24) is 0 Å². The summed E-state index contributed by atoms with van der Waals surface area (Å²) in [7, 11) is 0. The molecule has 1 heterocycles. The summed E-state index contributed by atoms with van der Waals surface area (Å²) in [5, 5.41) is 3.65. The van der Waals surface area contributed by atoms with Gasteiger partial charge in [-0.15, -0.1) is 11.3 Å². The van der Waals surface area contributed by atoms with E-state index in [1.54, 1.807) is 30.3 Å². The average Bonchev–Trinajstić information content (AvgIpc) is 2.86. The van der Waals surface area contributed by atoms with Gasteiger partial charge in [-0.1, -0.05) is 6.07 Å². The molecule has 0 atom stereocenters. The van der Waals surface area contributed by atoms with Gasteiger partial charge in [-0.2, -0.15) is 0 Å². The zero-order valence-electron chi connectivity index (χ0n) is 10.7. The fraction of sp³-hybridized carbons (Fsp3) is 0. The maximum atomic E-state index is 13.2. The number of benzene rings is 2. The maximum absolute atomic E-state index is 13.2. The number of hydrogen-bond acceptors (Lipinski definition) is 3. The molecular weight excluding hydrogens is 355 g/mol. The lowest BCUT2D eigenvalue weighted by atomic mass is 10.2. The molecule has 6 heteroatoms. The second-order valence-electron chi connectivity index (χ2n) is 4.48. The summed E-state index contributed by atoms with van der Waals surface area (Å²) < 4.78 is 14.6. The van der Waals surface area contributed by atoms with Crippen molar-refractivity contribution in [1.29, 1.82) is 0 Å². The van der Waals surface area contributed by atoms with E-state index < -0.39 is 0 Å². The molecule has 0 aliphatic rings. The number of amides is 1. The number of nitrogens with two attached hydrogens (primary N) is 1. The number of thiophene rings is 1. The van der Waals surface area contributed by atoms with Crippen LogP contribution in [0.3, 0.4) is 0 Å². The molecule has 21 heavy (non-hydrogen) atoms. The smallest absolute Gasteiger partial charge is 0.265 e. The van der Waals surface area contributed by atoms with Crippen LogP contribution in [-0.2, 0) is 0 Å². The molecule has 0 unspecified atom stereocenters. The highest BCUT2D eigenvalue weighted by atomic mass is 79.9. The molecule has 0 radical (unpaired) electrons. The van der Waals surface area contributed by atoms with Crippen LogP contribution in [0.1, 0.15) is 9.67 Å². The van der Waals surface area contributed by atoms with E-state index in [1.807, 2.05) is 0 Å². The molecule has 3 rings (SSSR count). The van der Waals surface area contributed by atoms with E-state index in [4.69, 9.17) is 5.73 Å². The van der Waals surface area contributed by atoms with E-state index in [0.717, 1.165) is 14.6 Å². The van der Waals surface area contributed by atoms with Gasteiger partial charge in [0.15, 0.2) is 0 Å². The normalized spacial score (nSPS) is 10.8. The van der Waals surface area contributed by atoms with Gasteiger partial charge < -0.3 is 11.1 Å². The Morgan fingerprint density at radius 1 is 1.19 bits per heavy atom. The Labute approximate surface area is 132 Å². The zero-order chi connectivity index (χ0) is 15.0. The fourth-order valence-electron chi connectivity index (χ4n) is 1.91. The van der Waals surface area contributed by atoms with Gasteiger partial charge in [-0.25, -0.2) is 4.39 Å². The van der Waals surface area contributed by atoms with Crippen molar-refractivity contribution in [2.24, 2.45) is 0 Å². The lowest BCUT2D eigenvalue weighted by molar-refractivity contribution is 0.103. The van der Waals surface area contributed by atoms with E-state index in [0.29, 0.717) is 16.3 Å². The molecule has 1 aromatic heterocycles. The minimum atomic E-state index is -0.307. The molecule has 2 aromatic carbocycles. The van der Waals surface area contributed by atoms with Crippen LogP contribution in [0.15, 0.2) is 46.9 Å². The van der Waals surface area contributed by atoms with E-state index in [-0.39, 0.29) is 11.7 Å². The van der Waals surface area contributed by atoms with Crippen LogP contribution in [0.5, 0.6) is 0 Å². The number of nitrogen functional groups attached to an aromatic ring is 1. The Morgan fingerprint density at radius 2 is 2.00 bits per heavy atom. The van der Waals surface area contributed by atoms with Gasteiger partial charge in [0.05, 0.1) is 4.88 Å². The summed E-state index contributed by atoms with van der Waals surface area (Å²) in [4.78, 5) is 12.8. The van der Waals surface area contributed by atoms with E-state index in [1.165, 1.54) is 23.5 Å². The SMILES string of the molecule is Nc1ccc(NC(=O)c2cc3ccc(F)cc3s2)cc1Br. The minimum absolute atomic E-state index is 0.228. The van der Waals surface area contributed by atoms with Gasteiger partial charge in [0.25, 0.3) is 5.91 Å². The van der Waals surface area contributed by atoms with E-state index in [2.05, 4.69) is 21.2 Å². The lowest BCUT2D eigenvalue weighted by Crippen LogP contribution is -2.10. The Kier molecular flexibility index (Phi) is 3.65. The van der Waals surface area contributed by atoms with Gasteiger partial charge in [0, 0.05) is 20.5 Å². The third-order valence-corrected chi connectivity index (χ3v) is 4.75. The van der Waals surface area contributed by atoms with Crippen LogP contribution in [0.25, 0.3) is 10.1 Å². The number of carbonyl (C=O) groups excluding carboxylic acids is 1. The standard InChI is InChI=1S/C15H10BrFN2OS/c16-11-7-10(3-4-12(11)18)19-15(20)14-5-8-1-2-9(17)6-13(8)21-14/h1-7H,18H2,(H,19,20). The molecule has 106 valence electrons. The summed E-state index contributed by atoms with van der Waals surface area (Å²) in [5.74, 6) is -0.535. The molecule has 1 amide bonds. The first kappa shape index (κ1) is 14.0. The third kappa shape index (κ3) is 2.91. The van der Waals surface area contributed by atoms with Crippen LogP contribution in [0.2, 0.25) is 0 Å². The number of fused-ring (bicyclic) bond motifs is 1. The summed E-state index contributed by atoms with van der Waals surface area (Å²) >= 11 is 4.57. The number of hydrogen-bond donors (Lipinski definition) is 2. The number of carbonyl (C=O) groups is 1. The molecule has 0 fully saturated rings. The van der Waals surface area contributed by atoms with Crippen LogP contribution < -0.4 is 11.1 Å². The van der Waals surface area contributed by atoms with Crippen molar-refractivity contribution in [3.63, 3.8) is 0 Å². The second-order valence-corrected chi connectivity index (χ2v) is 6.42. The molecule has 0 saturated heterocycles. The Hall–Kier alpha value is -1.92. The number of halogens is 2. The first-order valence-electron chi connectivity index (χ1n) is 6.08. The zero-order valence-corrected chi connectivity index (χ0v) is 13.1. The first-order chi connectivity index (χ1) is 10.0. The Balaban J connectivity index is 1.87. The van der Waals surface area contributed by atoms with Gasteiger partial charge in [-0.05, 0) is 57.7 Å². The van der Waals surface area contributed by atoms with Crippen molar-refractivity contribution < 1.29 is 9.18 Å². The largest absolute Gasteiger partial charge is 0.398 e. The summed E-state index contributed by atoms with van der Waals surface area (Å²) in [6, 6.07) is 11.4. The predicted octanol–water partition coefficient (Wildman–Crippen LogP) is 4.64. The van der Waals surface area contributed by atoms with Crippen molar-refractivity contribution in [2.75, 3.05) is 11.1 Å². The predicted molar refractivity (Wildman–Crippen MR) is 88.3 cm³/mol. The molecule has 0 aliphatic carbocycles. The van der Waals surface area contributed by atoms with E-state index in [9.17, 15) is 9.18 Å². The topological polar surface area (TPSA) is 55.1 Å². The van der Waals surface area contributed by atoms with Crippen molar-refractivity contribution in [2.45, 2.75) is 0 Å². The molecule has 0 spiro atoms. The molecule has 0 saturated carbocycles. The maximum Gasteiger partial charge on any atom is 0.265 e. The van der Waals surface area contributed by atoms with Crippen molar-refractivity contribution in [3.8, 4) is 0 Å². The summed E-state index contributed by atoms with van der Waals surface area (Å²) in [6.45, 7) is 0. The molecular formula is C15H10BrFN2OS. The molecule has 3 nitrogen and oxygen atoms in total. The number of rotatable bonds is 2. The minimum Gasteiger partial charge on any atom is -0.398 e.